The number of ether oxygens (including phenoxy) is 1. The highest BCUT2D eigenvalue weighted by molar-refractivity contribution is 9.10. The van der Waals surface area contributed by atoms with Gasteiger partial charge in [-0.15, -0.1) is 10.2 Å². The number of hydrogen-bond donors (Lipinski definition) is 1. The number of rotatable bonds is 8. The van der Waals surface area contributed by atoms with E-state index in [9.17, 15) is 14.7 Å². The Bertz CT molecular complexity index is 1510. The quantitative estimate of drug-likeness (QED) is 0.0791. The number of halogens is 1. The molecule has 3 aromatic carbocycles. The van der Waals surface area contributed by atoms with E-state index >= 15 is 0 Å². The Balaban J connectivity index is 1.54. The van der Waals surface area contributed by atoms with Gasteiger partial charge in [0.1, 0.15) is 11.5 Å². The molecule has 38 heavy (non-hydrogen) atoms. The molecule has 0 spiro atoms. The highest BCUT2D eigenvalue weighted by Crippen LogP contribution is 2.44. The van der Waals surface area contributed by atoms with Crippen molar-refractivity contribution < 1.29 is 19.4 Å². The summed E-state index contributed by atoms with van der Waals surface area (Å²) in [6.07, 6.45) is 0. The lowest BCUT2D eigenvalue weighted by Gasteiger charge is -2.22. The minimum atomic E-state index is -0.876. The summed E-state index contributed by atoms with van der Waals surface area (Å²) in [6, 6.07) is 23.1. The van der Waals surface area contributed by atoms with E-state index in [0.717, 1.165) is 10.0 Å². The predicted octanol–water partition coefficient (Wildman–Crippen LogP) is 6.62. The van der Waals surface area contributed by atoms with E-state index in [1.807, 2.05) is 61.5 Å². The van der Waals surface area contributed by atoms with E-state index in [2.05, 4.69) is 26.1 Å². The minimum Gasteiger partial charge on any atom is -0.507 e. The molecular weight excluding hydrogens is 586 g/mol. The maximum atomic E-state index is 13.4. The largest absolute Gasteiger partial charge is 0.507 e. The molecule has 1 aliphatic heterocycles. The molecular formula is C28H22BrN3O4S2. The second-order valence-corrected chi connectivity index (χ2v) is 11.4. The van der Waals surface area contributed by atoms with Gasteiger partial charge in [0.25, 0.3) is 5.78 Å². The summed E-state index contributed by atoms with van der Waals surface area (Å²) >= 11 is 6.22. The second-order valence-electron chi connectivity index (χ2n) is 8.31. The molecule has 0 bridgehead atoms. The van der Waals surface area contributed by atoms with Crippen molar-refractivity contribution in [2.45, 2.75) is 23.1 Å². The first-order valence-corrected chi connectivity index (χ1v) is 14.4. The summed E-state index contributed by atoms with van der Waals surface area (Å²) < 4.78 is 6.93. The standard InChI is InChI=1S/C28H22BrN3O4S2/c1-2-36-21-13-11-18(12-14-21)24(33)22-23(19-9-6-10-20(29)15-19)32(26(35)25(22)34)27-30-31-28(38-27)37-16-17-7-4-3-5-8-17/h3-15,23,33H,2,16H2,1H3/b24-22-. The molecule has 1 unspecified atom stereocenters. The summed E-state index contributed by atoms with van der Waals surface area (Å²) in [4.78, 5) is 28.1. The fourth-order valence-corrected chi connectivity index (χ4v) is 6.37. The van der Waals surface area contributed by atoms with Crippen LogP contribution in [0.4, 0.5) is 5.13 Å². The maximum absolute atomic E-state index is 13.4. The van der Waals surface area contributed by atoms with Crippen molar-refractivity contribution in [1.29, 1.82) is 0 Å². The molecule has 2 heterocycles. The van der Waals surface area contributed by atoms with Crippen LogP contribution >= 0.6 is 39.0 Å². The number of amides is 1. The first kappa shape index (κ1) is 26.1. The minimum absolute atomic E-state index is 0.00838. The number of carbonyl (C=O) groups is 2. The number of aromatic nitrogens is 2. The molecule has 5 rings (SSSR count). The number of ketones is 1. The van der Waals surface area contributed by atoms with Crippen molar-refractivity contribution in [3.63, 3.8) is 0 Å². The summed E-state index contributed by atoms with van der Waals surface area (Å²) in [7, 11) is 0. The molecule has 0 aliphatic carbocycles. The summed E-state index contributed by atoms with van der Waals surface area (Å²) in [5.41, 5.74) is 2.19. The van der Waals surface area contributed by atoms with Crippen molar-refractivity contribution in [2.75, 3.05) is 11.5 Å². The van der Waals surface area contributed by atoms with Gasteiger partial charge in [0.2, 0.25) is 5.13 Å². The van der Waals surface area contributed by atoms with E-state index < -0.39 is 17.7 Å². The molecule has 1 atom stereocenters. The Labute approximate surface area is 236 Å². The van der Waals surface area contributed by atoms with Gasteiger partial charge in [-0.25, -0.2) is 0 Å². The molecule has 1 N–H and O–H groups in total. The van der Waals surface area contributed by atoms with Crippen LogP contribution in [0.5, 0.6) is 5.75 Å². The van der Waals surface area contributed by atoms with Crippen molar-refractivity contribution >= 4 is 61.6 Å². The third-order valence-electron chi connectivity index (χ3n) is 5.85. The van der Waals surface area contributed by atoms with Crippen LogP contribution in [-0.2, 0) is 15.3 Å². The Morgan fingerprint density at radius 2 is 1.82 bits per heavy atom. The van der Waals surface area contributed by atoms with Gasteiger partial charge in [-0.1, -0.05) is 81.5 Å². The van der Waals surface area contributed by atoms with Gasteiger partial charge in [0.15, 0.2) is 4.34 Å². The molecule has 4 aromatic rings. The fraction of sp³-hybridized carbons (Fsp3) is 0.143. The lowest BCUT2D eigenvalue weighted by atomic mass is 9.95. The van der Waals surface area contributed by atoms with Crippen LogP contribution in [0.3, 0.4) is 0 Å². The molecule has 1 saturated heterocycles. The summed E-state index contributed by atoms with van der Waals surface area (Å²) in [5, 5.41) is 20.1. The molecule has 1 amide bonds. The number of carbonyl (C=O) groups excluding carboxylic acids is 2. The van der Waals surface area contributed by atoms with E-state index in [1.165, 1.54) is 28.0 Å². The number of thioether (sulfide) groups is 1. The van der Waals surface area contributed by atoms with Crippen LogP contribution in [0.2, 0.25) is 0 Å². The van der Waals surface area contributed by atoms with Gasteiger partial charge in [0, 0.05) is 15.8 Å². The number of nitrogens with zero attached hydrogens (tertiary/aromatic N) is 3. The van der Waals surface area contributed by atoms with Gasteiger partial charge >= 0.3 is 5.91 Å². The average molecular weight is 609 g/mol. The molecule has 0 radical (unpaired) electrons. The van der Waals surface area contributed by atoms with Gasteiger partial charge in [-0.2, -0.15) is 0 Å². The zero-order valence-electron chi connectivity index (χ0n) is 20.2. The van der Waals surface area contributed by atoms with Crippen LogP contribution < -0.4 is 9.64 Å². The zero-order valence-corrected chi connectivity index (χ0v) is 23.4. The van der Waals surface area contributed by atoms with E-state index in [1.54, 1.807) is 24.3 Å². The van der Waals surface area contributed by atoms with Gasteiger partial charge in [-0.3, -0.25) is 14.5 Å². The molecule has 10 heteroatoms. The lowest BCUT2D eigenvalue weighted by Crippen LogP contribution is -2.29. The van der Waals surface area contributed by atoms with E-state index in [-0.39, 0.29) is 11.3 Å². The van der Waals surface area contributed by atoms with E-state index in [4.69, 9.17) is 4.74 Å². The van der Waals surface area contributed by atoms with Crippen LogP contribution in [0.1, 0.15) is 29.7 Å². The molecule has 7 nitrogen and oxygen atoms in total. The summed E-state index contributed by atoms with van der Waals surface area (Å²) in [6.45, 7) is 2.39. The average Bonchev–Trinajstić information content (AvgIpc) is 3.50. The fourth-order valence-electron chi connectivity index (χ4n) is 4.13. The second kappa shape index (κ2) is 11.5. The van der Waals surface area contributed by atoms with Crippen LogP contribution in [0.25, 0.3) is 5.76 Å². The van der Waals surface area contributed by atoms with Gasteiger partial charge < -0.3 is 9.84 Å². The van der Waals surface area contributed by atoms with Gasteiger partial charge in [0.05, 0.1) is 18.2 Å². The normalized spacial score (nSPS) is 16.7. The zero-order chi connectivity index (χ0) is 26.6. The topological polar surface area (TPSA) is 92.6 Å². The third kappa shape index (κ3) is 5.38. The number of benzene rings is 3. The SMILES string of the molecule is CCOc1ccc(/C(O)=C2/C(=O)C(=O)N(c3nnc(SCc4ccccc4)s3)C2c2cccc(Br)c2)cc1. The van der Waals surface area contributed by atoms with Crippen molar-refractivity contribution in [1.82, 2.24) is 10.2 Å². The molecule has 1 fully saturated rings. The third-order valence-corrected chi connectivity index (χ3v) is 8.47. The number of anilines is 1. The first-order valence-electron chi connectivity index (χ1n) is 11.8. The summed E-state index contributed by atoms with van der Waals surface area (Å²) in [5.74, 6) is -0.473. The Hall–Kier alpha value is -3.47. The highest BCUT2D eigenvalue weighted by atomic mass is 79.9. The Kier molecular flexibility index (Phi) is 7.92. The molecule has 1 aromatic heterocycles. The first-order chi connectivity index (χ1) is 18.5. The number of aliphatic hydroxyl groups is 1. The lowest BCUT2D eigenvalue weighted by molar-refractivity contribution is -0.132. The van der Waals surface area contributed by atoms with Crippen molar-refractivity contribution in [3.05, 3.63) is 106 Å². The predicted molar refractivity (Wildman–Crippen MR) is 152 cm³/mol. The highest BCUT2D eigenvalue weighted by Gasteiger charge is 2.48. The number of aliphatic hydroxyl groups excluding tert-OH is 1. The molecule has 0 saturated carbocycles. The van der Waals surface area contributed by atoms with Crippen LogP contribution in [0, 0.1) is 0 Å². The molecule has 1 aliphatic rings. The number of hydrogen-bond acceptors (Lipinski definition) is 8. The van der Waals surface area contributed by atoms with Crippen LogP contribution in [0.15, 0.2) is 93.2 Å². The smallest absolute Gasteiger partial charge is 0.301 e. The molecule has 192 valence electrons. The Morgan fingerprint density at radius 1 is 1.05 bits per heavy atom. The van der Waals surface area contributed by atoms with Crippen molar-refractivity contribution in [2.24, 2.45) is 0 Å². The van der Waals surface area contributed by atoms with E-state index in [0.29, 0.717) is 38.7 Å². The van der Waals surface area contributed by atoms with Crippen molar-refractivity contribution in [3.8, 4) is 5.75 Å². The maximum Gasteiger partial charge on any atom is 0.301 e. The van der Waals surface area contributed by atoms with Gasteiger partial charge in [-0.05, 0) is 54.4 Å². The number of Topliss-reactive ketones (excluding diaryl/α,β-unsaturated/α-hetero) is 1. The van der Waals surface area contributed by atoms with Crippen LogP contribution in [-0.4, -0.2) is 33.6 Å². The Morgan fingerprint density at radius 3 is 2.53 bits per heavy atom. The monoisotopic (exact) mass is 607 g/mol.